The molecular weight excluding hydrogens is 344 g/mol. The maximum atomic E-state index is 11.8. The maximum Gasteiger partial charge on any atom is 0.229 e. The van der Waals surface area contributed by atoms with Gasteiger partial charge in [-0.05, 0) is 36.8 Å². The lowest BCUT2D eigenvalue weighted by Gasteiger charge is -2.16. The van der Waals surface area contributed by atoms with Crippen LogP contribution in [0.4, 0.5) is 17.3 Å². The Balaban J connectivity index is 1.51. The topological polar surface area (TPSA) is 106 Å². The lowest BCUT2D eigenvalue weighted by atomic mass is 10.2. The van der Waals surface area contributed by atoms with Gasteiger partial charge in [0, 0.05) is 55.1 Å². The summed E-state index contributed by atoms with van der Waals surface area (Å²) in [5.74, 6) is 0.286. The van der Waals surface area contributed by atoms with Crippen LogP contribution >= 0.6 is 0 Å². The molecule has 0 radical (unpaired) electrons. The number of rotatable bonds is 6. The molecule has 1 aliphatic rings. The number of primary amides is 1. The number of hydrogen-bond donors (Lipinski definition) is 2. The molecule has 0 spiro atoms. The second kappa shape index (κ2) is 7.06. The number of amides is 2. The van der Waals surface area contributed by atoms with Crippen LogP contribution in [0.1, 0.15) is 19.3 Å². The summed E-state index contributed by atoms with van der Waals surface area (Å²) in [5.41, 5.74) is 7.71. The van der Waals surface area contributed by atoms with E-state index in [9.17, 15) is 9.59 Å². The zero-order chi connectivity index (χ0) is 18.8. The zero-order valence-corrected chi connectivity index (χ0v) is 14.8. The molecule has 0 unspecified atom stereocenters. The summed E-state index contributed by atoms with van der Waals surface area (Å²) >= 11 is 0. The molecule has 0 aliphatic carbocycles. The number of nitrogens with zero attached hydrogens (tertiary/aromatic N) is 4. The molecule has 0 saturated carbocycles. The van der Waals surface area contributed by atoms with E-state index in [1.165, 1.54) is 0 Å². The molecule has 27 heavy (non-hydrogen) atoms. The van der Waals surface area contributed by atoms with Gasteiger partial charge in [-0.2, -0.15) is 4.98 Å². The first-order valence-corrected chi connectivity index (χ1v) is 8.88. The van der Waals surface area contributed by atoms with Crippen molar-refractivity contribution in [3.05, 3.63) is 42.7 Å². The number of aromatic nitrogens is 3. The number of carbonyl (C=O) groups is 2. The number of benzene rings is 1. The standard InChI is InChI=1S/C19H20N6O2/c20-16(26)8-11-24-10-7-13-12-21-19(23-18(13)24)22-14-3-5-15(6-4-14)25-9-1-2-17(25)27/h3-7,10,12H,1-2,8-9,11H2,(H2,20,26)(H,21,22,23). The van der Waals surface area contributed by atoms with Crippen LogP contribution in [0.25, 0.3) is 11.0 Å². The Bertz CT molecular complexity index is 995. The highest BCUT2D eigenvalue weighted by atomic mass is 16.2. The number of nitrogens with two attached hydrogens (primary N) is 1. The van der Waals surface area contributed by atoms with Gasteiger partial charge in [-0.15, -0.1) is 0 Å². The molecule has 1 saturated heterocycles. The maximum absolute atomic E-state index is 11.8. The van der Waals surface area contributed by atoms with Gasteiger partial charge in [-0.1, -0.05) is 0 Å². The van der Waals surface area contributed by atoms with Crippen molar-refractivity contribution in [2.24, 2.45) is 5.73 Å². The summed E-state index contributed by atoms with van der Waals surface area (Å²) in [6.07, 6.45) is 5.38. The fraction of sp³-hybridized carbons (Fsp3) is 0.263. The molecule has 2 aromatic heterocycles. The van der Waals surface area contributed by atoms with Crippen molar-refractivity contribution < 1.29 is 9.59 Å². The predicted octanol–water partition coefficient (Wildman–Crippen LogP) is 2.18. The molecule has 3 aromatic rings. The molecule has 2 amide bonds. The Kier molecular flexibility index (Phi) is 4.45. The average molecular weight is 364 g/mol. The largest absolute Gasteiger partial charge is 0.370 e. The predicted molar refractivity (Wildman–Crippen MR) is 103 cm³/mol. The summed E-state index contributed by atoms with van der Waals surface area (Å²) in [7, 11) is 0. The van der Waals surface area contributed by atoms with Gasteiger partial charge in [-0.3, -0.25) is 9.59 Å². The van der Waals surface area contributed by atoms with Gasteiger partial charge in [-0.25, -0.2) is 4.98 Å². The summed E-state index contributed by atoms with van der Waals surface area (Å²) < 4.78 is 1.88. The van der Waals surface area contributed by atoms with E-state index in [0.29, 0.717) is 18.9 Å². The zero-order valence-electron chi connectivity index (χ0n) is 14.8. The van der Waals surface area contributed by atoms with Crippen molar-refractivity contribution in [2.75, 3.05) is 16.8 Å². The molecular formula is C19H20N6O2. The molecule has 0 atom stereocenters. The quantitative estimate of drug-likeness (QED) is 0.697. The lowest BCUT2D eigenvalue weighted by Crippen LogP contribution is -2.23. The summed E-state index contributed by atoms with van der Waals surface area (Å²) in [5, 5.41) is 4.07. The van der Waals surface area contributed by atoms with Gasteiger partial charge in [0.25, 0.3) is 0 Å². The van der Waals surface area contributed by atoms with Crippen LogP contribution in [0, 0.1) is 0 Å². The molecule has 138 valence electrons. The van der Waals surface area contributed by atoms with Crippen LogP contribution in [0.2, 0.25) is 0 Å². The fourth-order valence-electron chi connectivity index (χ4n) is 3.22. The Morgan fingerprint density at radius 2 is 2.04 bits per heavy atom. The SMILES string of the molecule is NC(=O)CCn1ccc2cnc(Nc3ccc(N4CCCC4=O)cc3)nc21. The van der Waals surface area contributed by atoms with E-state index >= 15 is 0 Å². The van der Waals surface area contributed by atoms with E-state index in [1.54, 1.807) is 11.1 Å². The van der Waals surface area contributed by atoms with Gasteiger partial charge in [0.1, 0.15) is 5.65 Å². The Morgan fingerprint density at radius 3 is 2.74 bits per heavy atom. The number of anilines is 3. The molecule has 4 rings (SSSR count). The van der Waals surface area contributed by atoms with Crippen LogP contribution in [0.15, 0.2) is 42.7 Å². The number of nitrogens with one attached hydrogen (secondary N) is 1. The van der Waals surface area contributed by atoms with Crippen molar-refractivity contribution >= 4 is 40.2 Å². The van der Waals surface area contributed by atoms with Crippen molar-refractivity contribution in [1.82, 2.24) is 14.5 Å². The van der Waals surface area contributed by atoms with E-state index in [1.807, 2.05) is 41.1 Å². The highest BCUT2D eigenvalue weighted by Gasteiger charge is 2.21. The molecule has 8 heteroatoms. The summed E-state index contributed by atoms with van der Waals surface area (Å²) in [6.45, 7) is 1.25. The minimum Gasteiger partial charge on any atom is -0.370 e. The van der Waals surface area contributed by atoms with Crippen LogP contribution in [-0.2, 0) is 16.1 Å². The van der Waals surface area contributed by atoms with E-state index < -0.39 is 0 Å². The van der Waals surface area contributed by atoms with Crippen molar-refractivity contribution in [1.29, 1.82) is 0 Å². The van der Waals surface area contributed by atoms with Crippen LogP contribution in [0.3, 0.4) is 0 Å². The van der Waals surface area contributed by atoms with Crippen molar-refractivity contribution in [2.45, 2.75) is 25.8 Å². The third-order valence-electron chi connectivity index (χ3n) is 4.61. The highest BCUT2D eigenvalue weighted by molar-refractivity contribution is 5.95. The van der Waals surface area contributed by atoms with E-state index in [4.69, 9.17) is 5.73 Å². The normalized spacial score (nSPS) is 14.1. The second-order valence-corrected chi connectivity index (χ2v) is 6.52. The van der Waals surface area contributed by atoms with Gasteiger partial charge < -0.3 is 20.5 Å². The Morgan fingerprint density at radius 1 is 1.22 bits per heavy atom. The third-order valence-corrected chi connectivity index (χ3v) is 4.61. The minimum atomic E-state index is -0.346. The first-order chi connectivity index (χ1) is 13.1. The molecule has 3 heterocycles. The number of hydrogen-bond acceptors (Lipinski definition) is 5. The molecule has 8 nitrogen and oxygen atoms in total. The van der Waals surface area contributed by atoms with Gasteiger partial charge in [0.2, 0.25) is 17.8 Å². The summed E-state index contributed by atoms with van der Waals surface area (Å²) in [6, 6.07) is 9.54. The number of aryl methyl sites for hydroxylation is 1. The fourth-order valence-corrected chi connectivity index (χ4v) is 3.22. The molecule has 3 N–H and O–H groups in total. The van der Waals surface area contributed by atoms with Crippen molar-refractivity contribution in [3.63, 3.8) is 0 Å². The van der Waals surface area contributed by atoms with Crippen molar-refractivity contribution in [3.8, 4) is 0 Å². The van der Waals surface area contributed by atoms with Gasteiger partial charge in [0.15, 0.2) is 0 Å². The van der Waals surface area contributed by atoms with E-state index in [2.05, 4.69) is 15.3 Å². The first kappa shape index (κ1) is 17.0. The van der Waals surface area contributed by atoms with Crippen LogP contribution in [-0.4, -0.2) is 32.9 Å². The molecule has 0 bridgehead atoms. The summed E-state index contributed by atoms with van der Waals surface area (Å²) in [4.78, 5) is 33.5. The number of carbonyl (C=O) groups excluding carboxylic acids is 2. The molecule has 1 aromatic carbocycles. The van der Waals surface area contributed by atoms with Gasteiger partial charge in [0.05, 0.1) is 0 Å². The lowest BCUT2D eigenvalue weighted by molar-refractivity contribution is -0.118. The second-order valence-electron chi connectivity index (χ2n) is 6.52. The van der Waals surface area contributed by atoms with E-state index in [-0.39, 0.29) is 18.2 Å². The van der Waals surface area contributed by atoms with E-state index in [0.717, 1.165) is 35.4 Å². The van der Waals surface area contributed by atoms with Crippen LogP contribution in [0.5, 0.6) is 0 Å². The molecule has 1 fully saturated rings. The first-order valence-electron chi connectivity index (χ1n) is 8.88. The monoisotopic (exact) mass is 364 g/mol. The average Bonchev–Trinajstić information content (AvgIpc) is 3.26. The Hall–Kier alpha value is -3.42. The molecule has 1 aliphatic heterocycles. The van der Waals surface area contributed by atoms with Crippen LogP contribution < -0.4 is 16.0 Å². The number of fused-ring (bicyclic) bond motifs is 1. The third kappa shape index (κ3) is 3.59. The Labute approximate surface area is 156 Å². The smallest absolute Gasteiger partial charge is 0.229 e. The van der Waals surface area contributed by atoms with Gasteiger partial charge >= 0.3 is 0 Å². The minimum absolute atomic E-state index is 0.168. The highest BCUT2D eigenvalue weighted by Crippen LogP contribution is 2.24.